The number of methoxy groups -OCH3 is 1. The topological polar surface area (TPSA) is 47.3 Å². The molecule has 3 rings (SSSR count). The van der Waals surface area contributed by atoms with Gasteiger partial charge in [-0.05, 0) is 44.1 Å². The molecule has 1 aromatic heterocycles. The lowest BCUT2D eigenvalue weighted by Gasteiger charge is -2.20. The number of aromatic nitrogens is 1. The number of ether oxygens (including phenoxy) is 1. The van der Waals surface area contributed by atoms with Crippen LogP contribution in [0.4, 0.5) is 0 Å². The van der Waals surface area contributed by atoms with Crippen LogP contribution in [0.25, 0.3) is 11.0 Å². The van der Waals surface area contributed by atoms with Gasteiger partial charge in [0.1, 0.15) is 5.75 Å². The molecule has 1 aromatic carbocycles. The maximum absolute atomic E-state index is 5.38. The Kier molecular flexibility index (Phi) is 2.73. The van der Waals surface area contributed by atoms with Gasteiger partial charge in [-0.25, -0.2) is 0 Å². The number of hydrogen-bond acceptors (Lipinski definition) is 4. The van der Waals surface area contributed by atoms with Crippen molar-refractivity contribution in [1.82, 2.24) is 10.5 Å². The molecule has 4 heteroatoms. The van der Waals surface area contributed by atoms with Crippen molar-refractivity contribution >= 4 is 11.0 Å². The van der Waals surface area contributed by atoms with E-state index in [0.717, 1.165) is 48.3 Å². The van der Waals surface area contributed by atoms with Gasteiger partial charge in [-0.3, -0.25) is 0 Å². The summed E-state index contributed by atoms with van der Waals surface area (Å²) in [5, 5.41) is 8.69. The van der Waals surface area contributed by atoms with Crippen LogP contribution in [0.2, 0.25) is 0 Å². The van der Waals surface area contributed by atoms with Gasteiger partial charge in [0.2, 0.25) is 0 Å². The summed E-state index contributed by atoms with van der Waals surface area (Å²) in [7, 11) is 1.68. The average molecular weight is 232 g/mol. The van der Waals surface area contributed by atoms with Gasteiger partial charge in [0.05, 0.1) is 12.8 Å². The first-order chi connectivity index (χ1) is 8.38. The minimum Gasteiger partial charge on any atom is -0.497 e. The van der Waals surface area contributed by atoms with Crippen LogP contribution >= 0.6 is 0 Å². The first-order valence-electron chi connectivity index (χ1n) is 6.02. The summed E-state index contributed by atoms with van der Waals surface area (Å²) in [6.07, 6.45) is 2.25. The van der Waals surface area contributed by atoms with Crippen LogP contribution in [0.5, 0.6) is 5.75 Å². The van der Waals surface area contributed by atoms with Crippen LogP contribution in [-0.4, -0.2) is 25.4 Å². The largest absolute Gasteiger partial charge is 0.497 e. The van der Waals surface area contributed by atoms with Crippen molar-refractivity contribution in [2.75, 3.05) is 20.2 Å². The van der Waals surface area contributed by atoms with Gasteiger partial charge in [0, 0.05) is 11.3 Å². The fourth-order valence-corrected chi connectivity index (χ4v) is 2.45. The molecule has 0 amide bonds. The molecule has 2 heterocycles. The van der Waals surface area contributed by atoms with Gasteiger partial charge in [0.25, 0.3) is 0 Å². The molecule has 0 radical (unpaired) electrons. The SMILES string of the molecule is COc1ccc2onc(C3CCNCC3)c2c1. The monoisotopic (exact) mass is 232 g/mol. The van der Waals surface area contributed by atoms with Gasteiger partial charge in [-0.15, -0.1) is 0 Å². The summed E-state index contributed by atoms with van der Waals surface area (Å²) >= 11 is 0. The summed E-state index contributed by atoms with van der Waals surface area (Å²) < 4.78 is 10.6. The summed E-state index contributed by atoms with van der Waals surface area (Å²) in [6.45, 7) is 2.12. The van der Waals surface area contributed by atoms with E-state index in [9.17, 15) is 0 Å². The molecule has 0 spiro atoms. The van der Waals surface area contributed by atoms with Crippen LogP contribution in [0.1, 0.15) is 24.5 Å². The number of hydrogen-bond donors (Lipinski definition) is 1. The molecule has 0 aliphatic carbocycles. The lowest BCUT2D eigenvalue weighted by atomic mass is 9.92. The van der Waals surface area contributed by atoms with Crippen LogP contribution in [0, 0.1) is 0 Å². The van der Waals surface area contributed by atoms with Gasteiger partial charge >= 0.3 is 0 Å². The maximum atomic E-state index is 5.38. The third kappa shape index (κ3) is 1.89. The highest BCUT2D eigenvalue weighted by atomic mass is 16.5. The second-order valence-electron chi connectivity index (χ2n) is 4.45. The Labute approximate surface area is 99.9 Å². The standard InChI is InChI=1S/C13H16N2O2/c1-16-10-2-3-12-11(8-10)13(15-17-12)9-4-6-14-7-5-9/h2-3,8-9,14H,4-7H2,1H3. The lowest BCUT2D eigenvalue weighted by Crippen LogP contribution is -2.26. The molecule has 1 fully saturated rings. The Balaban J connectivity index is 2.02. The van der Waals surface area contributed by atoms with E-state index in [2.05, 4.69) is 10.5 Å². The number of piperidine rings is 1. The second-order valence-corrected chi connectivity index (χ2v) is 4.45. The van der Waals surface area contributed by atoms with Crippen molar-refractivity contribution in [3.63, 3.8) is 0 Å². The molecule has 4 nitrogen and oxygen atoms in total. The summed E-state index contributed by atoms with van der Waals surface area (Å²) in [5.74, 6) is 1.36. The van der Waals surface area contributed by atoms with Gasteiger partial charge in [-0.2, -0.15) is 0 Å². The predicted molar refractivity (Wildman–Crippen MR) is 65.4 cm³/mol. The predicted octanol–water partition coefficient (Wildman–Crippen LogP) is 2.30. The molecule has 0 bridgehead atoms. The second kappa shape index (κ2) is 4.37. The van der Waals surface area contributed by atoms with Crippen molar-refractivity contribution < 1.29 is 9.26 Å². The third-order valence-electron chi connectivity index (χ3n) is 3.43. The smallest absolute Gasteiger partial charge is 0.167 e. The van der Waals surface area contributed by atoms with Crippen molar-refractivity contribution in [3.8, 4) is 5.75 Å². The highest BCUT2D eigenvalue weighted by Gasteiger charge is 2.21. The fraction of sp³-hybridized carbons (Fsp3) is 0.462. The molecule has 90 valence electrons. The van der Waals surface area contributed by atoms with Crippen molar-refractivity contribution in [3.05, 3.63) is 23.9 Å². The Morgan fingerprint density at radius 3 is 2.94 bits per heavy atom. The first kappa shape index (κ1) is 10.6. The highest BCUT2D eigenvalue weighted by molar-refractivity contribution is 5.81. The zero-order valence-corrected chi connectivity index (χ0v) is 9.90. The number of nitrogens with one attached hydrogen (secondary N) is 1. The zero-order chi connectivity index (χ0) is 11.7. The van der Waals surface area contributed by atoms with Crippen LogP contribution < -0.4 is 10.1 Å². The number of benzene rings is 1. The maximum Gasteiger partial charge on any atom is 0.167 e. The Bertz CT molecular complexity index is 515. The van der Waals surface area contributed by atoms with E-state index in [-0.39, 0.29) is 0 Å². The van der Waals surface area contributed by atoms with Crippen molar-refractivity contribution in [2.24, 2.45) is 0 Å². The van der Waals surface area contributed by atoms with E-state index in [1.807, 2.05) is 18.2 Å². The molecule has 2 aromatic rings. The minimum atomic E-state index is 0.504. The van der Waals surface area contributed by atoms with E-state index in [1.54, 1.807) is 7.11 Å². The molecule has 1 aliphatic rings. The van der Waals surface area contributed by atoms with E-state index in [0.29, 0.717) is 5.92 Å². The van der Waals surface area contributed by atoms with Crippen LogP contribution in [0.3, 0.4) is 0 Å². The lowest BCUT2D eigenvalue weighted by molar-refractivity contribution is 0.404. The first-order valence-corrected chi connectivity index (χ1v) is 6.02. The van der Waals surface area contributed by atoms with E-state index in [4.69, 9.17) is 9.26 Å². The normalized spacial score (nSPS) is 17.5. The average Bonchev–Trinajstić information content (AvgIpc) is 2.82. The van der Waals surface area contributed by atoms with Crippen molar-refractivity contribution in [1.29, 1.82) is 0 Å². The van der Waals surface area contributed by atoms with Crippen LogP contribution in [0.15, 0.2) is 22.7 Å². The Morgan fingerprint density at radius 1 is 1.35 bits per heavy atom. The highest BCUT2D eigenvalue weighted by Crippen LogP contribution is 2.32. The molecule has 1 aliphatic heterocycles. The summed E-state index contributed by atoms with van der Waals surface area (Å²) in [4.78, 5) is 0. The molecule has 1 N–H and O–H groups in total. The molecule has 1 saturated heterocycles. The number of fused-ring (bicyclic) bond motifs is 1. The third-order valence-corrected chi connectivity index (χ3v) is 3.43. The van der Waals surface area contributed by atoms with E-state index >= 15 is 0 Å². The van der Waals surface area contributed by atoms with Crippen molar-refractivity contribution in [2.45, 2.75) is 18.8 Å². The number of nitrogens with zero attached hydrogens (tertiary/aromatic N) is 1. The van der Waals surface area contributed by atoms with Gasteiger partial charge < -0.3 is 14.6 Å². The zero-order valence-electron chi connectivity index (χ0n) is 9.90. The minimum absolute atomic E-state index is 0.504. The molecular formula is C13H16N2O2. The van der Waals surface area contributed by atoms with E-state index < -0.39 is 0 Å². The molecule has 0 unspecified atom stereocenters. The number of rotatable bonds is 2. The molecular weight excluding hydrogens is 216 g/mol. The van der Waals surface area contributed by atoms with Crippen LogP contribution in [-0.2, 0) is 0 Å². The summed E-state index contributed by atoms with van der Waals surface area (Å²) in [5.41, 5.74) is 1.93. The van der Waals surface area contributed by atoms with Gasteiger partial charge in [-0.1, -0.05) is 5.16 Å². The quantitative estimate of drug-likeness (QED) is 0.863. The Hall–Kier alpha value is -1.55. The molecule has 0 atom stereocenters. The Morgan fingerprint density at radius 2 is 2.18 bits per heavy atom. The van der Waals surface area contributed by atoms with Gasteiger partial charge in [0.15, 0.2) is 5.58 Å². The summed E-state index contributed by atoms with van der Waals surface area (Å²) in [6, 6.07) is 5.84. The molecule has 0 saturated carbocycles. The fourth-order valence-electron chi connectivity index (χ4n) is 2.45. The molecule has 17 heavy (non-hydrogen) atoms. The van der Waals surface area contributed by atoms with E-state index in [1.165, 1.54) is 0 Å².